The summed E-state index contributed by atoms with van der Waals surface area (Å²) in [5.74, 6) is -0.607. The molecule has 2 heterocycles. The largest absolute Gasteiger partial charge is 0.493 e. The van der Waals surface area contributed by atoms with E-state index < -0.39 is 11.4 Å². The Hall–Kier alpha value is -3.47. The maximum absolute atomic E-state index is 12.6. The Morgan fingerprint density at radius 1 is 1.00 bits per heavy atom. The number of hydrogen-bond donors (Lipinski definition) is 1. The molecule has 2 aromatic heterocycles. The average molecular weight is 316 g/mol. The number of hydrogen-bond acceptors (Lipinski definition) is 4. The van der Waals surface area contributed by atoms with Crippen molar-refractivity contribution in [1.82, 2.24) is 9.38 Å². The third-order valence-electron chi connectivity index (χ3n) is 3.97. The molecule has 116 valence electrons. The van der Waals surface area contributed by atoms with Crippen molar-refractivity contribution in [3.05, 3.63) is 81.8 Å². The third-order valence-corrected chi connectivity index (χ3v) is 3.97. The van der Waals surface area contributed by atoms with Crippen LogP contribution in [0.25, 0.3) is 23.4 Å². The first-order chi connectivity index (χ1) is 11.6. The van der Waals surface area contributed by atoms with Crippen LogP contribution in [0.4, 0.5) is 0 Å². The average Bonchev–Trinajstić information content (AvgIpc) is 2.60. The molecule has 1 aromatic carbocycles. The van der Waals surface area contributed by atoms with E-state index in [1.807, 2.05) is 24.3 Å². The summed E-state index contributed by atoms with van der Waals surface area (Å²) in [5, 5.41) is 10.2. The van der Waals surface area contributed by atoms with E-state index in [9.17, 15) is 14.7 Å². The molecule has 1 aliphatic rings. The first-order valence-corrected chi connectivity index (χ1v) is 7.39. The molecule has 1 N–H and O–H groups in total. The summed E-state index contributed by atoms with van der Waals surface area (Å²) >= 11 is 0. The van der Waals surface area contributed by atoms with Gasteiger partial charge >= 0.3 is 0 Å². The molecule has 0 saturated heterocycles. The molecular formula is C19H12N2O3. The smallest absolute Gasteiger partial charge is 0.269 e. The number of nitrogens with zero attached hydrogens (tertiary/aromatic N) is 2. The first-order valence-electron chi connectivity index (χ1n) is 7.39. The molecule has 0 fully saturated rings. The van der Waals surface area contributed by atoms with Gasteiger partial charge in [0, 0.05) is 11.8 Å². The van der Waals surface area contributed by atoms with Gasteiger partial charge in [0.05, 0.1) is 0 Å². The molecule has 0 bridgehead atoms. The maximum Gasteiger partial charge on any atom is 0.269 e. The predicted molar refractivity (Wildman–Crippen MR) is 91.5 cm³/mol. The first kappa shape index (κ1) is 14.1. The second-order valence-electron chi connectivity index (χ2n) is 5.43. The van der Waals surface area contributed by atoms with E-state index in [4.69, 9.17) is 0 Å². The molecule has 0 amide bonds. The van der Waals surface area contributed by atoms with Crippen LogP contribution in [0.2, 0.25) is 0 Å². The minimum atomic E-state index is -0.426. The van der Waals surface area contributed by atoms with Crippen LogP contribution in [0.15, 0.2) is 59.5 Å². The molecule has 0 saturated carbocycles. The fraction of sp³-hybridized carbons (Fsp3) is 0. The highest BCUT2D eigenvalue weighted by Gasteiger charge is 2.19. The van der Waals surface area contributed by atoms with Gasteiger partial charge < -0.3 is 5.11 Å². The van der Waals surface area contributed by atoms with Crippen molar-refractivity contribution in [3.8, 4) is 5.88 Å². The van der Waals surface area contributed by atoms with Crippen LogP contribution in [0, 0.1) is 0 Å². The van der Waals surface area contributed by atoms with E-state index in [1.54, 1.807) is 30.5 Å². The van der Waals surface area contributed by atoms with Crippen LogP contribution in [0.3, 0.4) is 0 Å². The summed E-state index contributed by atoms with van der Waals surface area (Å²) in [6, 6.07) is 12.5. The van der Waals surface area contributed by atoms with Gasteiger partial charge in [0.1, 0.15) is 11.2 Å². The van der Waals surface area contributed by atoms with Crippen molar-refractivity contribution in [1.29, 1.82) is 0 Å². The Morgan fingerprint density at radius 3 is 2.67 bits per heavy atom. The van der Waals surface area contributed by atoms with Gasteiger partial charge in [-0.3, -0.25) is 14.0 Å². The quantitative estimate of drug-likeness (QED) is 0.700. The summed E-state index contributed by atoms with van der Waals surface area (Å²) in [6.45, 7) is 0. The lowest BCUT2D eigenvalue weighted by Crippen LogP contribution is -2.18. The second kappa shape index (κ2) is 5.31. The van der Waals surface area contributed by atoms with E-state index in [0.29, 0.717) is 11.2 Å². The van der Waals surface area contributed by atoms with Crippen molar-refractivity contribution in [3.63, 3.8) is 0 Å². The summed E-state index contributed by atoms with van der Waals surface area (Å²) in [6.07, 6.45) is 6.18. The number of ketones is 1. The van der Waals surface area contributed by atoms with Gasteiger partial charge in [0.15, 0.2) is 5.78 Å². The highest BCUT2D eigenvalue weighted by atomic mass is 16.3. The molecule has 4 rings (SSSR count). The normalized spacial score (nSPS) is 15.0. The van der Waals surface area contributed by atoms with Crippen LogP contribution in [-0.4, -0.2) is 20.3 Å². The molecule has 0 radical (unpaired) electrons. The van der Waals surface area contributed by atoms with Crippen LogP contribution in [0.1, 0.15) is 16.7 Å². The van der Waals surface area contributed by atoms with Crippen molar-refractivity contribution >= 4 is 29.2 Å². The van der Waals surface area contributed by atoms with E-state index in [0.717, 1.165) is 11.1 Å². The number of rotatable bonds is 1. The van der Waals surface area contributed by atoms with E-state index in [2.05, 4.69) is 4.98 Å². The number of aromatic hydroxyl groups is 1. The number of benzene rings is 1. The van der Waals surface area contributed by atoms with E-state index in [-0.39, 0.29) is 11.3 Å². The lowest BCUT2D eigenvalue weighted by atomic mass is 9.90. The number of aromatic nitrogens is 2. The zero-order valence-electron chi connectivity index (χ0n) is 12.5. The van der Waals surface area contributed by atoms with Gasteiger partial charge in [-0.15, -0.1) is 0 Å². The van der Waals surface area contributed by atoms with Gasteiger partial charge in [0.2, 0.25) is 5.88 Å². The number of fused-ring (bicyclic) bond motifs is 2. The number of pyridine rings is 1. The van der Waals surface area contributed by atoms with Gasteiger partial charge in [-0.1, -0.05) is 36.4 Å². The summed E-state index contributed by atoms with van der Waals surface area (Å²) in [4.78, 5) is 28.9. The number of carbonyl (C=O) groups is 1. The monoisotopic (exact) mass is 316 g/mol. The molecule has 24 heavy (non-hydrogen) atoms. The molecule has 5 nitrogen and oxygen atoms in total. The van der Waals surface area contributed by atoms with Crippen molar-refractivity contribution in [2.24, 2.45) is 0 Å². The Labute approximate surface area is 136 Å². The molecule has 0 aliphatic heterocycles. The molecule has 5 heteroatoms. The zero-order valence-corrected chi connectivity index (χ0v) is 12.5. The van der Waals surface area contributed by atoms with Gasteiger partial charge in [-0.25, -0.2) is 0 Å². The number of allylic oxidation sites excluding steroid dienone is 2. The number of carbonyl (C=O) groups excluding carboxylic acids is 1. The van der Waals surface area contributed by atoms with Gasteiger partial charge in [-0.2, -0.15) is 4.98 Å². The topological polar surface area (TPSA) is 71.7 Å². The van der Waals surface area contributed by atoms with E-state index in [1.165, 1.54) is 16.6 Å². The van der Waals surface area contributed by atoms with Gasteiger partial charge in [0.25, 0.3) is 5.56 Å². The molecule has 0 atom stereocenters. The highest BCUT2D eigenvalue weighted by Crippen LogP contribution is 2.29. The molecule has 1 aliphatic carbocycles. The summed E-state index contributed by atoms with van der Waals surface area (Å²) < 4.78 is 1.33. The molecule has 0 unspecified atom stereocenters. The lowest BCUT2D eigenvalue weighted by molar-refractivity contribution is -0.109. The van der Waals surface area contributed by atoms with Crippen LogP contribution in [-0.2, 0) is 4.79 Å². The fourth-order valence-electron chi connectivity index (χ4n) is 2.79. The Bertz CT molecular complexity index is 1110. The van der Waals surface area contributed by atoms with Crippen LogP contribution >= 0.6 is 0 Å². The fourth-order valence-corrected chi connectivity index (χ4v) is 2.79. The Balaban J connectivity index is 1.99. The summed E-state index contributed by atoms with van der Waals surface area (Å²) in [7, 11) is 0. The third kappa shape index (κ3) is 2.14. The highest BCUT2D eigenvalue weighted by molar-refractivity contribution is 6.33. The Morgan fingerprint density at radius 2 is 1.79 bits per heavy atom. The van der Waals surface area contributed by atoms with E-state index >= 15 is 0 Å². The SMILES string of the molecule is O=C1C=Cc2ccccc2/C1=C/c1c(O)nc2ccccn2c1=O. The molecular weight excluding hydrogens is 304 g/mol. The lowest BCUT2D eigenvalue weighted by Gasteiger charge is -2.13. The maximum atomic E-state index is 12.6. The van der Waals surface area contributed by atoms with Crippen molar-refractivity contribution in [2.45, 2.75) is 0 Å². The standard InChI is InChI=1S/C19H12N2O3/c22-16-9-8-12-5-1-2-6-13(12)14(16)11-15-18(23)20-17-7-3-4-10-21(17)19(15)24/h1-11,23H/b14-11-. The van der Waals surface area contributed by atoms with Crippen molar-refractivity contribution in [2.75, 3.05) is 0 Å². The molecule has 3 aromatic rings. The summed E-state index contributed by atoms with van der Waals surface area (Å²) in [5.41, 5.74) is 1.88. The zero-order chi connectivity index (χ0) is 16.7. The Kier molecular flexibility index (Phi) is 3.13. The second-order valence-corrected chi connectivity index (χ2v) is 5.43. The van der Waals surface area contributed by atoms with Gasteiger partial charge in [-0.05, 0) is 35.4 Å². The van der Waals surface area contributed by atoms with Crippen LogP contribution < -0.4 is 5.56 Å². The van der Waals surface area contributed by atoms with Crippen molar-refractivity contribution < 1.29 is 9.90 Å². The minimum Gasteiger partial charge on any atom is -0.493 e. The predicted octanol–water partition coefficient (Wildman–Crippen LogP) is 2.54. The molecule has 0 spiro atoms. The minimum absolute atomic E-state index is 0.00727. The van der Waals surface area contributed by atoms with Crippen LogP contribution in [0.5, 0.6) is 5.88 Å².